The molecule has 1 amide bonds. The minimum Gasteiger partial charge on any atom is -0.354 e. The highest BCUT2D eigenvalue weighted by molar-refractivity contribution is 5.78. The SMILES string of the molecule is Cc1cc(C)n(CCNC(=O)C2CCCCC2)n1. The van der Waals surface area contributed by atoms with E-state index in [1.165, 1.54) is 19.3 Å². The van der Waals surface area contributed by atoms with Crippen LogP contribution in [0.15, 0.2) is 6.07 Å². The van der Waals surface area contributed by atoms with E-state index >= 15 is 0 Å². The van der Waals surface area contributed by atoms with E-state index in [9.17, 15) is 4.79 Å². The van der Waals surface area contributed by atoms with E-state index in [0.717, 1.165) is 30.8 Å². The number of nitrogens with zero attached hydrogens (tertiary/aromatic N) is 2. The van der Waals surface area contributed by atoms with Gasteiger partial charge in [0.1, 0.15) is 0 Å². The number of amides is 1. The summed E-state index contributed by atoms with van der Waals surface area (Å²) in [4.78, 5) is 11.9. The number of aryl methyl sites for hydroxylation is 2. The van der Waals surface area contributed by atoms with Crippen LogP contribution in [0.25, 0.3) is 0 Å². The first-order valence-corrected chi connectivity index (χ1v) is 6.95. The van der Waals surface area contributed by atoms with Crippen molar-refractivity contribution in [2.24, 2.45) is 5.92 Å². The molecular weight excluding hydrogens is 226 g/mol. The molecule has 0 radical (unpaired) electrons. The van der Waals surface area contributed by atoms with Crippen molar-refractivity contribution in [1.82, 2.24) is 15.1 Å². The largest absolute Gasteiger partial charge is 0.354 e. The highest BCUT2D eigenvalue weighted by Gasteiger charge is 2.20. The van der Waals surface area contributed by atoms with Gasteiger partial charge in [0.05, 0.1) is 12.2 Å². The zero-order chi connectivity index (χ0) is 13.0. The molecule has 1 N–H and O–H groups in total. The van der Waals surface area contributed by atoms with E-state index in [2.05, 4.69) is 16.5 Å². The molecule has 18 heavy (non-hydrogen) atoms. The minimum atomic E-state index is 0.233. The maximum Gasteiger partial charge on any atom is 0.223 e. The van der Waals surface area contributed by atoms with Crippen LogP contribution in [0.4, 0.5) is 0 Å². The van der Waals surface area contributed by atoms with E-state index in [0.29, 0.717) is 6.54 Å². The van der Waals surface area contributed by atoms with E-state index < -0.39 is 0 Å². The Hall–Kier alpha value is -1.32. The number of hydrogen-bond donors (Lipinski definition) is 1. The van der Waals surface area contributed by atoms with Gasteiger partial charge in [-0.25, -0.2) is 0 Å². The third kappa shape index (κ3) is 3.34. The third-order valence-corrected chi connectivity index (χ3v) is 3.70. The van der Waals surface area contributed by atoms with Crippen LogP contribution >= 0.6 is 0 Å². The second-order valence-electron chi connectivity index (χ2n) is 5.28. The van der Waals surface area contributed by atoms with Crippen molar-refractivity contribution in [1.29, 1.82) is 0 Å². The van der Waals surface area contributed by atoms with Crippen molar-refractivity contribution in [3.05, 3.63) is 17.5 Å². The molecule has 0 atom stereocenters. The molecule has 1 heterocycles. The Labute approximate surface area is 109 Å². The highest BCUT2D eigenvalue weighted by Crippen LogP contribution is 2.23. The molecule has 1 fully saturated rings. The van der Waals surface area contributed by atoms with Crippen molar-refractivity contribution < 1.29 is 4.79 Å². The van der Waals surface area contributed by atoms with Gasteiger partial charge in [-0.3, -0.25) is 9.48 Å². The molecule has 2 rings (SSSR count). The minimum absolute atomic E-state index is 0.233. The molecule has 0 aromatic carbocycles. The Kier molecular flexibility index (Phi) is 4.39. The predicted molar refractivity (Wildman–Crippen MR) is 71.3 cm³/mol. The molecule has 0 unspecified atom stereocenters. The fraction of sp³-hybridized carbons (Fsp3) is 0.714. The van der Waals surface area contributed by atoms with Crippen LogP contribution in [-0.2, 0) is 11.3 Å². The van der Waals surface area contributed by atoms with Crippen LogP contribution in [0, 0.1) is 19.8 Å². The smallest absolute Gasteiger partial charge is 0.223 e. The molecule has 0 aliphatic heterocycles. The Bertz CT molecular complexity index is 405. The molecule has 1 aliphatic carbocycles. The first-order chi connectivity index (χ1) is 8.66. The van der Waals surface area contributed by atoms with Gasteiger partial charge in [-0.05, 0) is 32.8 Å². The number of hydrogen-bond acceptors (Lipinski definition) is 2. The Morgan fingerprint density at radius 2 is 2.11 bits per heavy atom. The molecular formula is C14H23N3O. The van der Waals surface area contributed by atoms with Crippen LogP contribution in [0.2, 0.25) is 0 Å². The van der Waals surface area contributed by atoms with Crippen molar-refractivity contribution >= 4 is 5.91 Å². The first-order valence-electron chi connectivity index (χ1n) is 6.95. The van der Waals surface area contributed by atoms with Crippen molar-refractivity contribution in [2.45, 2.75) is 52.5 Å². The predicted octanol–water partition coefficient (Wildman–Crippen LogP) is 2.20. The second-order valence-corrected chi connectivity index (χ2v) is 5.28. The van der Waals surface area contributed by atoms with Gasteiger partial charge in [-0.2, -0.15) is 5.10 Å². The average molecular weight is 249 g/mol. The summed E-state index contributed by atoms with van der Waals surface area (Å²) in [6.45, 7) is 5.47. The molecule has 1 saturated carbocycles. The third-order valence-electron chi connectivity index (χ3n) is 3.70. The van der Waals surface area contributed by atoms with E-state index in [-0.39, 0.29) is 11.8 Å². The molecule has 1 aromatic rings. The van der Waals surface area contributed by atoms with Crippen LogP contribution in [0.5, 0.6) is 0 Å². The lowest BCUT2D eigenvalue weighted by atomic mass is 9.89. The van der Waals surface area contributed by atoms with Gasteiger partial charge in [0, 0.05) is 18.2 Å². The topological polar surface area (TPSA) is 46.9 Å². The fourth-order valence-corrected chi connectivity index (χ4v) is 2.70. The summed E-state index contributed by atoms with van der Waals surface area (Å²) in [7, 11) is 0. The zero-order valence-electron chi connectivity index (χ0n) is 11.4. The zero-order valence-corrected chi connectivity index (χ0v) is 11.4. The number of aromatic nitrogens is 2. The summed E-state index contributed by atoms with van der Waals surface area (Å²) in [5.74, 6) is 0.482. The summed E-state index contributed by atoms with van der Waals surface area (Å²) in [5, 5.41) is 7.42. The van der Waals surface area contributed by atoms with Crippen LogP contribution in [0.1, 0.15) is 43.5 Å². The van der Waals surface area contributed by atoms with Gasteiger partial charge < -0.3 is 5.32 Å². The van der Waals surface area contributed by atoms with Crippen LogP contribution in [0.3, 0.4) is 0 Å². The molecule has 1 aliphatic rings. The average Bonchev–Trinajstić information content (AvgIpc) is 2.69. The maximum atomic E-state index is 11.9. The summed E-state index contributed by atoms with van der Waals surface area (Å²) < 4.78 is 1.95. The number of rotatable bonds is 4. The summed E-state index contributed by atoms with van der Waals surface area (Å²) in [6.07, 6.45) is 5.82. The standard InChI is InChI=1S/C14H23N3O/c1-11-10-12(2)17(16-11)9-8-15-14(18)13-6-4-3-5-7-13/h10,13H,3-9H2,1-2H3,(H,15,18). The highest BCUT2D eigenvalue weighted by atomic mass is 16.1. The van der Waals surface area contributed by atoms with Crippen molar-refractivity contribution in [3.8, 4) is 0 Å². The fourth-order valence-electron chi connectivity index (χ4n) is 2.70. The van der Waals surface area contributed by atoms with Crippen LogP contribution < -0.4 is 5.32 Å². The summed E-state index contributed by atoms with van der Waals surface area (Å²) >= 11 is 0. The first kappa shape index (κ1) is 13.1. The van der Waals surface area contributed by atoms with E-state index in [1.807, 2.05) is 18.5 Å². The second kappa shape index (κ2) is 6.03. The molecule has 0 bridgehead atoms. The van der Waals surface area contributed by atoms with Crippen molar-refractivity contribution in [3.63, 3.8) is 0 Å². The molecule has 0 saturated heterocycles. The number of nitrogens with one attached hydrogen (secondary N) is 1. The molecule has 4 heteroatoms. The normalized spacial score (nSPS) is 16.8. The number of carbonyl (C=O) groups is 1. The van der Waals surface area contributed by atoms with Gasteiger partial charge in [0.25, 0.3) is 0 Å². The van der Waals surface area contributed by atoms with E-state index in [4.69, 9.17) is 0 Å². The molecule has 0 spiro atoms. The van der Waals surface area contributed by atoms with Gasteiger partial charge in [0.2, 0.25) is 5.91 Å². The summed E-state index contributed by atoms with van der Waals surface area (Å²) in [6, 6.07) is 2.06. The lowest BCUT2D eigenvalue weighted by Crippen LogP contribution is -2.34. The Balaban J connectivity index is 1.74. The molecule has 100 valence electrons. The molecule has 1 aromatic heterocycles. The number of carbonyl (C=O) groups excluding carboxylic acids is 1. The Morgan fingerprint density at radius 1 is 1.39 bits per heavy atom. The van der Waals surface area contributed by atoms with Gasteiger partial charge in [-0.1, -0.05) is 19.3 Å². The van der Waals surface area contributed by atoms with Crippen LogP contribution in [-0.4, -0.2) is 22.2 Å². The Morgan fingerprint density at radius 3 is 2.72 bits per heavy atom. The van der Waals surface area contributed by atoms with E-state index in [1.54, 1.807) is 0 Å². The quantitative estimate of drug-likeness (QED) is 0.889. The van der Waals surface area contributed by atoms with Gasteiger partial charge in [-0.15, -0.1) is 0 Å². The monoisotopic (exact) mass is 249 g/mol. The molecule has 4 nitrogen and oxygen atoms in total. The maximum absolute atomic E-state index is 11.9. The van der Waals surface area contributed by atoms with Crippen molar-refractivity contribution in [2.75, 3.05) is 6.54 Å². The summed E-state index contributed by atoms with van der Waals surface area (Å²) in [5.41, 5.74) is 2.19. The van der Waals surface area contributed by atoms with Gasteiger partial charge in [0.15, 0.2) is 0 Å². The lowest BCUT2D eigenvalue weighted by molar-refractivity contribution is -0.125. The lowest BCUT2D eigenvalue weighted by Gasteiger charge is -2.20. The van der Waals surface area contributed by atoms with Gasteiger partial charge >= 0.3 is 0 Å².